The van der Waals surface area contributed by atoms with E-state index in [0.717, 1.165) is 50.5 Å². The van der Waals surface area contributed by atoms with Crippen LogP contribution in [-0.2, 0) is 0 Å². The average molecular weight is 381 g/mol. The van der Waals surface area contributed by atoms with E-state index in [1.807, 2.05) is 11.0 Å². The predicted octanol–water partition coefficient (Wildman–Crippen LogP) is 4.50. The number of hydrogen-bond donors (Lipinski definition) is 1. The number of benzene rings is 2. The molecular weight excluding hydrogens is 348 g/mol. The first kappa shape index (κ1) is 20.1. The fourth-order valence-corrected chi connectivity index (χ4v) is 3.84. The minimum absolute atomic E-state index is 0.0110. The van der Waals surface area contributed by atoms with Crippen LogP contribution in [0.3, 0.4) is 0 Å². The molecule has 2 amide bonds. The van der Waals surface area contributed by atoms with E-state index in [1.165, 1.54) is 16.9 Å². The highest BCUT2D eigenvalue weighted by atomic mass is 16.2. The summed E-state index contributed by atoms with van der Waals surface area (Å²) >= 11 is 0. The van der Waals surface area contributed by atoms with Gasteiger partial charge in [-0.05, 0) is 63.1 Å². The number of para-hydroxylation sites is 1. The Morgan fingerprint density at radius 3 is 2.25 bits per heavy atom. The number of nitrogens with zero attached hydrogens (tertiary/aromatic N) is 3. The van der Waals surface area contributed by atoms with E-state index >= 15 is 0 Å². The fourth-order valence-electron chi connectivity index (χ4n) is 3.84. The standard InChI is InChI=1S/C23H32N4O/c1-5-25(6-2)20-11-12-21(19(4)17-20)24-23(28)27-15-13-26(14-16-27)22-10-8-7-9-18(22)3/h7-12,17H,5-6,13-16H2,1-4H3,(H,24,28). The minimum atomic E-state index is -0.0110. The number of anilines is 3. The Morgan fingerprint density at radius 1 is 0.964 bits per heavy atom. The third kappa shape index (κ3) is 4.41. The number of hydrogen-bond acceptors (Lipinski definition) is 3. The largest absolute Gasteiger partial charge is 0.372 e. The van der Waals surface area contributed by atoms with Crippen LogP contribution in [0.4, 0.5) is 21.9 Å². The van der Waals surface area contributed by atoms with Crippen molar-refractivity contribution < 1.29 is 4.79 Å². The van der Waals surface area contributed by atoms with Crippen molar-refractivity contribution in [3.8, 4) is 0 Å². The molecule has 0 saturated carbocycles. The van der Waals surface area contributed by atoms with E-state index in [1.54, 1.807) is 0 Å². The van der Waals surface area contributed by atoms with E-state index in [2.05, 4.69) is 79.2 Å². The van der Waals surface area contributed by atoms with Gasteiger partial charge in [0.15, 0.2) is 0 Å². The van der Waals surface area contributed by atoms with E-state index in [9.17, 15) is 4.79 Å². The minimum Gasteiger partial charge on any atom is -0.372 e. The van der Waals surface area contributed by atoms with Crippen molar-refractivity contribution >= 4 is 23.1 Å². The number of piperazine rings is 1. The second kappa shape index (κ2) is 9.00. The summed E-state index contributed by atoms with van der Waals surface area (Å²) in [5, 5.41) is 3.10. The molecule has 5 heteroatoms. The third-order valence-electron chi connectivity index (χ3n) is 5.60. The van der Waals surface area contributed by atoms with Gasteiger partial charge in [-0.3, -0.25) is 0 Å². The van der Waals surface area contributed by atoms with Crippen LogP contribution in [0.2, 0.25) is 0 Å². The van der Waals surface area contributed by atoms with Gasteiger partial charge in [-0.1, -0.05) is 18.2 Å². The van der Waals surface area contributed by atoms with Crippen LogP contribution < -0.4 is 15.1 Å². The van der Waals surface area contributed by atoms with Gasteiger partial charge in [0.1, 0.15) is 0 Å². The summed E-state index contributed by atoms with van der Waals surface area (Å²) in [4.78, 5) is 19.3. The molecule has 1 saturated heterocycles. The van der Waals surface area contributed by atoms with E-state index in [-0.39, 0.29) is 6.03 Å². The summed E-state index contributed by atoms with van der Waals surface area (Å²) in [5.41, 5.74) is 5.74. The molecule has 2 aromatic carbocycles. The van der Waals surface area contributed by atoms with Crippen molar-refractivity contribution in [2.24, 2.45) is 0 Å². The molecule has 0 aliphatic carbocycles. The Hall–Kier alpha value is -2.69. The maximum Gasteiger partial charge on any atom is 0.321 e. The molecule has 0 spiro atoms. The Balaban J connectivity index is 1.59. The van der Waals surface area contributed by atoms with Gasteiger partial charge >= 0.3 is 6.03 Å². The molecule has 150 valence electrons. The number of nitrogens with one attached hydrogen (secondary N) is 1. The Kier molecular flexibility index (Phi) is 6.45. The van der Waals surface area contributed by atoms with Crippen LogP contribution in [0, 0.1) is 13.8 Å². The number of amides is 2. The van der Waals surface area contributed by atoms with Gasteiger partial charge in [0, 0.05) is 56.3 Å². The van der Waals surface area contributed by atoms with Crippen molar-refractivity contribution in [2.75, 3.05) is 54.4 Å². The molecule has 0 aromatic heterocycles. The topological polar surface area (TPSA) is 38.8 Å². The summed E-state index contributed by atoms with van der Waals surface area (Å²) in [6, 6.07) is 14.7. The van der Waals surface area contributed by atoms with Gasteiger partial charge in [0.2, 0.25) is 0 Å². The first-order valence-corrected chi connectivity index (χ1v) is 10.3. The highest BCUT2D eigenvalue weighted by Crippen LogP contribution is 2.24. The Morgan fingerprint density at radius 2 is 1.64 bits per heavy atom. The monoisotopic (exact) mass is 380 g/mol. The lowest BCUT2D eigenvalue weighted by Crippen LogP contribution is -2.50. The molecule has 0 radical (unpaired) electrons. The summed E-state index contributed by atoms with van der Waals surface area (Å²) in [7, 11) is 0. The van der Waals surface area contributed by atoms with Gasteiger partial charge in [-0.2, -0.15) is 0 Å². The fraction of sp³-hybridized carbons (Fsp3) is 0.435. The molecule has 28 heavy (non-hydrogen) atoms. The summed E-state index contributed by atoms with van der Waals surface area (Å²) in [5.74, 6) is 0. The molecule has 0 bridgehead atoms. The number of aryl methyl sites for hydroxylation is 2. The zero-order valence-corrected chi connectivity index (χ0v) is 17.5. The maximum atomic E-state index is 12.7. The first-order chi connectivity index (χ1) is 13.5. The van der Waals surface area contributed by atoms with E-state index in [0.29, 0.717) is 0 Å². The molecule has 0 unspecified atom stereocenters. The quantitative estimate of drug-likeness (QED) is 0.830. The lowest BCUT2D eigenvalue weighted by molar-refractivity contribution is 0.208. The Bertz CT molecular complexity index is 808. The molecule has 5 nitrogen and oxygen atoms in total. The molecule has 3 rings (SSSR count). The highest BCUT2D eigenvalue weighted by molar-refractivity contribution is 5.90. The van der Waals surface area contributed by atoms with Crippen molar-refractivity contribution in [1.82, 2.24) is 4.90 Å². The van der Waals surface area contributed by atoms with Crippen LogP contribution in [0.15, 0.2) is 42.5 Å². The van der Waals surface area contributed by atoms with Crippen molar-refractivity contribution in [1.29, 1.82) is 0 Å². The second-order valence-corrected chi connectivity index (χ2v) is 7.36. The smallest absolute Gasteiger partial charge is 0.321 e. The number of rotatable bonds is 5. The molecule has 0 atom stereocenters. The molecule has 1 aliphatic rings. The molecule has 1 aliphatic heterocycles. The number of carbonyl (C=O) groups is 1. The molecule has 1 heterocycles. The van der Waals surface area contributed by atoms with E-state index < -0.39 is 0 Å². The lowest BCUT2D eigenvalue weighted by atomic mass is 10.1. The van der Waals surface area contributed by atoms with Crippen molar-refractivity contribution in [3.05, 3.63) is 53.6 Å². The molecular formula is C23H32N4O. The first-order valence-electron chi connectivity index (χ1n) is 10.3. The molecule has 1 N–H and O–H groups in total. The SMILES string of the molecule is CCN(CC)c1ccc(NC(=O)N2CCN(c3ccccc3C)CC2)c(C)c1. The average Bonchev–Trinajstić information content (AvgIpc) is 2.71. The highest BCUT2D eigenvalue weighted by Gasteiger charge is 2.22. The van der Waals surface area contributed by atoms with E-state index in [4.69, 9.17) is 0 Å². The predicted molar refractivity (Wildman–Crippen MR) is 119 cm³/mol. The lowest BCUT2D eigenvalue weighted by Gasteiger charge is -2.36. The van der Waals surface area contributed by atoms with Gasteiger partial charge in [0.25, 0.3) is 0 Å². The van der Waals surface area contributed by atoms with Crippen molar-refractivity contribution in [3.63, 3.8) is 0 Å². The molecule has 1 fully saturated rings. The van der Waals surface area contributed by atoms with Gasteiger partial charge in [0.05, 0.1) is 0 Å². The molecule has 2 aromatic rings. The zero-order valence-electron chi connectivity index (χ0n) is 17.5. The summed E-state index contributed by atoms with van der Waals surface area (Å²) in [6.07, 6.45) is 0. The van der Waals surface area contributed by atoms with Gasteiger partial charge < -0.3 is 20.0 Å². The second-order valence-electron chi connectivity index (χ2n) is 7.36. The van der Waals surface area contributed by atoms with Crippen LogP contribution >= 0.6 is 0 Å². The normalized spacial score (nSPS) is 14.1. The number of urea groups is 1. The Labute approximate surface area is 168 Å². The zero-order chi connectivity index (χ0) is 20.1. The number of carbonyl (C=O) groups excluding carboxylic acids is 1. The van der Waals surface area contributed by atoms with Crippen LogP contribution in [0.5, 0.6) is 0 Å². The third-order valence-corrected chi connectivity index (χ3v) is 5.60. The van der Waals surface area contributed by atoms with Gasteiger partial charge in [-0.25, -0.2) is 4.79 Å². The summed E-state index contributed by atoms with van der Waals surface area (Å²) < 4.78 is 0. The van der Waals surface area contributed by atoms with Crippen LogP contribution in [-0.4, -0.2) is 50.2 Å². The summed E-state index contributed by atoms with van der Waals surface area (Å²) in [6.45, 7) is 13.7. The van der Waals surface area contributed by atoms with Crippen LogP contribution in [0.25, 0.3) is 0 Å². The van der Waals surface area contributed by atoms with Gasteiger partial charge in [-0.15, -0.1) is 0 Å². The van der Waals surface area contributed by atoms with Crippen LogP contribution in [0.1, 0.15) is 25.0 Å². The maximum absolute atomic E-state index is 12.7. The van der Waals surface area contributed by atoms with Crippen molar-refractivity contribution in [2.45, 2.75) is 27.7 Å².